The molecular weight excluding hydrogens is 464 g/mol. The Hall–Kier alpha value is -2.88. The maximum absolute atomic E-state index is 12.6. The first-order valence-electron chi connectivity index (χ1n) is 10.4. The molecule has 1 amide bonds. The maximum Gasteiger partial charge on any atom is 0.234 e. The SMILES string of the molecule is CCOCCCn1c(SCC(=O)Nc2cc(C(=O)[O-])ccc2C)nnc1-c1ccc(Cl)cc1. The fraction of sp³-hybridized carbons (Fsp3) is 0.304. The molecular formula is C23H24ClN4O4S-. The molecule has 0 fully saturated rings. The molecule has 10 heteroatoms. The Morgan fingerprint density at radius 3 is 2.64 bits per heavy atom. The predicted molar refractivity (Wildman–Crippen MR) is 126 cm³/mol. The number of thioether (sulfide) groups is 1. The number of nitrogens with one attached hydrogen (secondary N) is 1. The van der Waals surface area contributed by atoms with E-state index in [1.165, 1.54) is 23.9 Å². The Bertz CT molecular complexity index is 1120. The van der Waals surface area contributed by atoms with Crippen molar-refractivity contribution in [2.24, 2.45) is 0 Å². The predicted octanol–water partition coefficient (Wildman–Crippen LogP) is 3.43. The van der Waals surface area contributed by atoms with Crippen LogP contribution in [0.3, 0.4) is 0 Å². The summed E-state index contributed by atoms with van der Waals surface area (Å²) in [6.45, 7) is 5.61. The lowest BCUT2D eigenvalue weighted by molar-refractivity contribution is -0.255. The van der Waals surface area contributed by atoms with Crippen molar-refractivity contribution in [3.05, 3.63) is 58.6 Å². The first kappa shape index (κ1) is 24.8. The van der Waals surface area contributed by atoms with E-state index in [2.05, 4.69) is 15.5 Å². The fourth-order valence-electron chi connectivity index (χ4n) is 3.08. The number of amides is 1. The molecule has 0 unspecified atom stereocenters. The number of halogens is 1. The molecule has 0 spiro atoms. The van der Waals surface area contributed by atoms with E-state index in [-0.39, 0.29) is 17.2 Å². The number of aromatic carboxylic acids is 1. The average Bonchev–Trinajstić information content (AvgIpc) is 3.20. The standard InChI is InChI=1S/C23H25ClN4O4S/c1-3-32-12-4-11-28-21(16-7-9-18(24)10-8-16)26-27-23(28)33-14-20(29)25-19-13-17(22(30)31)6-5-15(19)2/h5-10,13H,3-4,11-12,14H2,1-2H3,(H,25,29)(H,30,31)/p-1. The summed E-state index contributed by atoms with van der Waals surface area (Å²) in [5, 5.41) is 23.7. The molecule has 1 aromatic heterocycles. The van der Waals surface area contributed by atoms with Crippen LogP contribution in [-0.4, -0.2) is 45.6 Å². The molecule has 0 saturated heterocycles. The Balaban J connectivity index is 1.73. The van der Waals surface area contributed by atoms with E-state index in [1.54, 1.807) is 25.1 Å². The minimum absolute atomic E-state index is 0.00482. The number of benzene rings is 2. The number of ether oxygens (including phenoxy) is 1. The van der Waals surface area contributed by atoms with Crippen molar-refractivity contribution in [2.75, 3.05) is 24.3 Å². The van der Waals surface area contributed by atoms with E-state index in [9.17, 15) is 14.7 Å². The van der Waals surface area contributed by atoms with E-state index in [0.29, 0.717) is 41.4 Å². The molecule has 0 aliphatic rings. The molecule has 174 valence electrons. The van der Waals surface area contributed by atoms with Crippen LogP contribution >= 0.6 is 23.4 Å². The molecule has 1 heterocycles. The molecule has 0 aliphatic carbocycles. The monoisotopic (exact) mass is 487 g/mol. The first-order chi connectivity index (χ1) is 15.9. The molecule has 3 aromatic rings. The second-order valence-corrected chi connectivity index (χ2v) is 8.55. The third-order valence-corrected chi connectivity index (χ3v) is 5.99. The topological polar surface area (TPSA) is 109 Å². The third kappa shape index (κ3) is 6.80. The molecule has 1 N–H and O–H groups in total. The summed E-state index contributed by atoms with van der Waals surface area (Å²) >= 11 is 7.26. The summed E-state index contributed by atoms with van der Waals surface area (Å²) in [4.78, 5) is 23.7. The molecule has 0 aliphatic heterocycles. The molecule has 0 saturated carbocycles. The Morgan fingerprint density at radius 2 is 1.94 bits per heavy atom. The van der Waals surface area contributed by atoms with E-state index < -0.39 is 5.97 Å². The summed E-state index contributed by atoms with van der Waals surface area (Å²) in [5.74, 6) is -0.812. The Labute approximate surface area is 201 Å². The van der Waals surface area contributed by atoms with Crippen LogP contribution in [0.25, 0.3) is 11.4 Å². The summed E-state index contributed by atoms with van der Waals surface area (Å²) in [6.07, 6.45) is 0.765. The van der Waals surface area contributed by atoms with Gasteiger partial charge < -0.3 is 24.5 Å². The van der Waals surface area contributed by atoms with Crippen LogP contribution in [0.4, 0.5) is 5.69 Å². The summed E-state index contributed by atoms with van der Waals surface area (Å²) < 4.78 is 7.41. The van der Waals surface area contributed by atoms with Gasteiger partial charge in [-0.1, -0.05) is 35.5 Å². The maximum atomic E-state index is 12.6. The molecule has 0 radical (unpaired) electrons. The van der Waals surface area contributed by atoms with Gasteiger partial charge in [0.2, 0.25) is 5.91 Å². The van der Waals surface area contributed by atoms with Crippen molar-refractivity contribution in [1.82, 2.24) is 14.8 Å². The smallest absolute Gasteiger partial charge is 0.234 e. The summed E-state index contributed by atoms with van der Waals surface area (Å²) in [6, 6.07) is 11.8. The molecule has 0 atom stereocenters. The first-order valence-corrected chi connectivity index (χ1v) is 11.8. The number of carbonyl (C=O) groups excluding carboxylic acids is 2. The zero-order chi connectivity index (χ0) is 23.8. The number of aromatic nitrogens is 3. The average molecular weight is 488 g/mol. The summed E-state index contributed by atoms with van der Waals surface area (Å²) in [5.41, 5.74) is 2.06. The number of carbonyl (C=O) groups is 2. The van der Waals surface area contributed by atoms with Crippen molar-refractivity contribution in [1.29, 1.82) is 0 Å². The van der Waals surface area contributed by atoms with Gasteiger partial charge in [0.15, 0.2) is 11.0 Å². The molecule has 33 heavy (non-hydrogen) atoms. The van der Waals surface area contributed by atoms with Gasteiger partial charge in [-0.25, -0.2) is 0 Å². The van der Waals surface area contributed by atoms with Crippen molar-refractivity contribution < 1.29 is 19.4 Å². The number of aryl methyl sites for hydroxylation is 1. The number of rotatable bonds is 11. The third-order valence-electron chi connectivity index (χ3n) is 4.77. The van der Waals surface area contributed by atoms with Gasteiger partial charge in [-0.05, 0) is 61.7 Å². The van der Waals surface area contributed by atoms with Gasteiger partial charge in [0, 0.05) is 36.0 Å². The lowest BCUT2D eigenvalue weighted by Gasteiger charge is -2.12. The summed E-state index contributed by atoms with van der Waals surface area (Å²) in [7, 11) is 0. The minimum Gasteiger partial charge on any atom is -0.545 e. The number of carboxylic acids is 1. The lowest BCUT2D eigenvalue weighted by Crippen LogP contribution is -2.23. The largest absolute Gasteiger partial charge is 0.545 e. The van der Waals surface area contributed by atoms with Crippen LogP contribution in [0.2, 0.25) is 5.02 Å². The second kappa shape index (κ2) is 11.8. The lowest BCUT2D eigenvalue weighted by atomic mass is 10.1. The highest BCUT2D eigenvalue weighted by Gasteiger charge is 2.16. The van der Waals surface area contributed by atoms with Crippen LogP contribution in [0.15, 0.2) is 47.6 Å². The highest BCUT2D eigenvalue weighted by atomic mass is 35.5. The van der Waals surface area contributed by atoms with Gasteiger partial charge in [0.1, 0.15) is 0 Å². The van der Waals surface area contributed by atoms with Crippen molar-refractivity contribution >= 4 is 40.9 Å². The van der Waals surface area contributed by atoms with Crippen molar-refractivity contribution in [3.8, 4) is 11.4 Å². The number of carboxylic acid groups (broad SMARTS) is 1. The number of hydrogen-bond donors (Lipinski definition) is 1. The van der Waals surface area contributed by atoms with E-state index in [0.717, 1.165) is 17.5 Å². The van der Waals surface area contributed by atoms with E-state index in [4.69, 9.17) is 16.3 Å². The zero-order valence-corrected chi connectivity index (χ0v) is 19.9. The molecule has 2 aromatic carbocycles. The normalized spacial score (nSPS) is 10.9. The Kier molecular flexibility index (Phi) is 8.87. The van der Waals surface area contributed by atoms with Gasteiger partial charge in [0.25, 0.3) is 0 Å². The quantitative estimate of drug-likeness (QED) is 0.326. The van der Waals surface area contributed by atoms with Gasteiger partial charge in [0.05, 0.1) is 11.7 Å². The van der Waals surface area contributed by atoms with E-state index in [1.807, 2.05) is 23.6 Å². The molecule has 0 bridgehead atoms. The number of nitrogens with zero attached hydrogens (tertiary/aromatic N) is 3. The highest BCUT2D eigenvalue weighted by molar-refractivity contribution is 7.99. The van der Waals surface area contributed by atoms with Crippen molar-refractivity contribution in [3.63, 3.8) is 0 Å². The van der Waals surface area contributed by atoms with Gasteiger partial charge >= 0.3 is 0 Å². The Morgan fingerprint density at radius 1 is 1.18 bits per heavy atom. The van der Waals surface area contributed by atoms with E-state index >= 15 is 0 Å². The van der Waals surface area contributed by atoms with Crippen molar-refractivity contribution in [2.45, 2.75) is 32.0 Å². The van der Waals surface area contributed by atoms with Crippen LogP contribution in [0.5, 0.6) is 0 Å². The minimum atomic E-state index is -1.30. The van der Waals surface area contributed by atoms with Crippen LogP contribution < -0.4 is 10.4 Å². The van der Waals surface area contributed by atoms with Crippen LogP contribution in [0.1, 0.15) is 29.3 Å². The molecule has 8 nitrogen and oxygen atoms in total. The van der Waals surface area contributed by atoms with Crippen LogP contribution in [0, 0.1) is 6.92 Å². The highest BCUT2D eigenvalue weighted by Crippen LogP contribution is 2.26. The van der Waals surface area contributed by atoms with Crippen LogP contribution in [-0.2, 0) is 16.1 Å². The fourth-order valence-corrected chi connectivity index (χ4v) is 3.97. The van der Waals surface area contributed by atoms with Gasteiger partial charge in [-0.2, -0.15) is 0 Å². The number of hydrogen-bond acceptors (Lipinski definition) is 7. The van der Waals surface area contributed by atoms with Gasteiger partial charge in [-0.3, -0.25) is 4.79 Å². The second-order valence-electron chi connectivity index (χ2n) is 7.17. The number of anilines is 1. The molecule has 3 rings (SSSR count). The van der Waals surface area contributed by atoms with Gasteiger partial charge in [-0.15, -0.1) is 10.2 Å². The zero-order valence-electron chi connectivity index (χ0n) is 18.3.